The number of rotatable bonds is 4. The fraction of sp³-hybridized carbons (Fsp3) is 0.214. The van der Waals surface area contributed by atoms with Gasteiger partial charge in [-0.3, -0.25) is 4.98 Å². The number of aromatic nitrogens is 1. The van der Waals surface area contributed by atoms with E-state index >= 15 is 0 Å². The van der Waals surface area contributed by atoms with Crippen molar-refractivity contribution in [3.63, 3.8) is 0 Å². The second-order valence-corrected chi connectivity index (χ2v) is 4.51. The van der Waals surface area contributed by atoms with Crippen LogP contribution >= 0.6 is 11.6 Å². The lowest BCUT2D eigenvalue weighted by atomic mass is 10.1. The summed E-state index contributed by atoms with van der Waals surface area (Å²) in [5.74, 6) is 0.152. The van der Waals surface area contributed by atoms with E-state index in [1.165, 1.54) is 6.20 Å². The molecule has 0 unspecified atom stereocenters. The molecular weight excluding hydrogens is 248 g/mol. The van der Waals surface area contributed by atoms with E-state index in [-0.39, 0.29) is 5.75 Å². The van der Waals surface area contributed by atoms with E-state index in [2.05, 4.69) is 4.98 Å². The van der Waals surface area contributed by atoms with Gasteiger partial charge in [0.25, 0.3) is 0 Å². The highest BCUT2D eigenvalue weighted by atomic mass is 35.5. The minimum absolute atomic E-state index is 0.152. The Bertz CT molecular complexity index is 543. The van der Waals surface area contributed by atoms with Crippen LogP contribution in [0.3, 0.4) is 0 Å². The van der Waals surface area contributed by atoms with Crippen molar-refractivity contribution in [3.8, 4) is 5.75 Å². The van der Waals surface area contributed by atoms with Gasteiger partial charge in [-0.1, -0.05) is 29.8 Å². The molecule has 4 heteroatoms. The van der Waals surface area contributed by atoms with Crippen LogP contribution in [0.15, 0.2) is 36.5 Å². The quantitative estimate of drug-likeness (QED) is 0.891. The van der Waals surface area contributed by atoms with Gasteiger partial charge in [0.1, 0.15) is 5.75 Å². The molecule has 3 N–H and O–H groups in total. The van der Waals surface area contributed by atoms with Crippen LogP contribution in [0.25, 0.3) is 0 Å². The number of hydrogen-bond acceptors (Lipinski definition) is 3. The Balaban J connectivity index is 2.09. The first-order valence-corrected chi connectivity index (χ1v) is 6.18. The third-order valence-electron chi connectivity index (χ3n) is 2.85. The molecular formula is C14H15ClN2O. The predicted octanol–water partition coefficient (Wildman–Crippen LogP) is 2.68. The topological polar surface area (TPSA) is 59.1 Å². The molecule has 0 aliphatic carbocycles. The van der Waals surface area contributed by atoms with E-state index in [4.69, 9.17) is 17.3 Å². The first-order valence-electron chi connectivity index (χ1n) is 5.81. The van der Waals surface area contributed by atoms with Gasteiger partial charge in [-0.15, -0.1) is 0 Å². The Morgan fingerprint density at radius 1 is 1.17 bits per heavy atom. The van der Waals surface area contributed by atoms with Crippen LogP contribution in [0.2, 0.25) is 5.02 Å². The zero-order valence-corrected chi connectivity index (χ0v) is 10.7. The normalized spacial score (nSPS) is 10.6. The van der Waals surface area contributed by atoms with Crippen molar-refractivity contribution in [2.45, 2.75) is 19.4 Å². The molecule has 0 bridgehead atoms. The van der Waals surface area contributed by atoms with E-state index in [0.717, 1.165) is 34.7 Å². The number of nitrogens with zero attached hydrogens (tertiary/aromatic N) is 1. The molecule has 0 fully saturated rings. The summed E-state index contributed by atoms with van der Waals surface area (Å²) in [6.45, 7) is 0.313. The average molecular weight is 263 g/mol. The Kier molecular flexibility index (Phi) is 4.18. The fourth-order valence-corrected chi connectivity index (χ4v) is 2.03. The van der Waals surface area contributed by atoms with Crippen molar-refractivity contribution in [1.29, 1.82) is 0 Å². The molecule has 2 aromatic rings. The van der Waals surface area contributed by atoms with Gasteiger partial charge in [0.2, 0.25) is 0 Å². The number of halogens is 1. The van der Waals surface area contributed by atoms with E-state index < -0.39 is 0 Å². The van der Waals surface area contributed by atoms with Crippen molar-refractivity contribution < 1.29 is 5.11 Å². The monoisotopic (exact) mass is 262 g/mol. The van der Waals surface area contributed by atoms with Gasteiger partial charge in [0, 0.05) is 22.8 Å². The SMILES string of the molecule is NCc1cc(CCc2ccccc2Cl)ncc1O. The molecule has 94 valence electrons. The molecule has 0 aliphatic rings. The summed E-state index contributed by atoms with van der Waals surface area (Å²) in [5, 5.41) is 10.3. The standard InChI is InChI=1S/C14H15ClN2O/c15-13-4-2-1-3-10(13)5-6-12-7-11(8-16)14(18)9-17-12/h1-4,7,9,18H,5-6,8,16H2. The van der Waals surface area contributed by atoms with Crippen molar-refractivity contribution >= 4 is 11.6 Å². The van der Waals surface area contributed by atoms with Crippen LogP contribution in [0.5, 0.6) is 5.75 Å². The number of aryl methyl sites for hydroxylation is 2. The molecule has 3 nitrogen and oxygen atoms in total. The number of hydrogen-bond donors (Lipinski definition) is 2. The highest BCUT2D eigenvalue weighted by Gasteiger charge is 2.04. The smallest absolute Gasteiger partial charge is 0.138 e. The highest BCUT2D eigenvalue weighted by molar-refractivity contribution is 6.31. The number of benzene rings is 1. The van der Waals surface area contributed by atoms with Crippen molar-refractivity contribution in [1.82, 2.24) is 4.98 Å². The van der Waals surface area contributed by atoms with Gasteiger partial charge < -0.3 is 10.8 Å². The van der Waals surface area contributed by atoms with Crippen LogP contribution in [-0.4, -0.2) is 10.1 Å². The van der Waals surface area contributed by atoms with E-state index in [0.29, 0.717) is 6.54 Å². The van der Waals surface area contributed by atoms with Gasteiger partial charge in [0.05, 0.1) is 6.20 Å². The lowest BCUT2D eigenvalue weighted by molar-refractivity contribution is 0.465. The predicted molar refractivity (Wildman–Crippen MR) is 72.7 cm³/mol. The maximum atomic E-state index is 9.50. The minimum Gasteiger partial charge on any atom is -0.506 e. The van der Waals surface area contributed by atoms with Crippen LogP contribution in [-0.2, 0) is 19.4 Å². The lowest BCUT2D eigenvalue weighted by Crippen LogP contribution is -2.01. The van der Waals surface area contributed by atoms with Crippen LogP contribution in [0.4, 0.5) is 0 Å². The molecule has 2 rings (SSSR count). The Labute approximate surface area is 111 Å². The van der Waals surface area contributed by atoms with Crippen LogP contribution in [0.1, 0.15) is 16.8 Å². The molecule has 18 heavy (non-hydrogen) atoms. The largest absolute Gasteiger partial charge is 0.506 e. The van der Waals surface area contributed by atoms with Crippen molar-refractivity contribution in [2.75, 3.05) is 0 Å². The maximum absolute atomic E-state index is 9.50. The summed E-state index contributed by atoms with van der Waals surface area (Å²) in [4.78, 5) is 4.18. The van der Waals surface area contributed by atoms with Gasteiger partial charge >= 0.3 is 0 Å². The zero-order chi connectivity index (χ0) is 13.0. The first-order chi connectivity index (χ1) is 8.70. The van der Waals surface area contributed by atoms with Crippen molar-refractivity contribution in [2.24, 2.45) is 5.73 Å². The molecule has 0 amide bonds. The molecule has 1 aromatic heterocycles. The Hall–Kier alpha value is -1.58. The Morgan fingerprint density at radius 3 is 2.67 bits per heavy atom. The van der Waals surface area contributed by atoms with E-state index in [1.807, 2.05) is 30.3 Å². The van der Waals surface area contributed by atoms with Crippen LogP contribution in [0, 0.1) is 0 Å². The van der Waals surface area contributed by atoms with Gasteiger partial charge in [0.15, 0.2) is 0 Å². The number of aromatic hydroxyl groups is 1. The summed E-state index contributed by atoms with van der Waals surface area (Å²) in [6.07, 6.45) is 3.04. The third-order valence-corrected chi connectivity index (χ3v) is 3.22. The molecule has 1 heterocycles. The minimum atomic E-state index is 0.152. The zero-order valence-electron chi connectivity index (χ0n) is 9.94. The molecule has 0 saturated heterocycles. The van der Waals surface area contributed by atoms with E-state index in [1.54, 1.807) is 0 Å². The summed E-state index contributed by atoms with van der Waals surface area (Å²) in [5.41, 5.74) is 8.27. The lowest BCUT2D eigenvalue weighted by Gasteiger charge is -2.06. The van der Waals surface area contributed by atoms with Gasteiger partial charge in [-0.25, -0.2) is 0 Å². The molecule has 0 aliphatic heterocycles. The second-order valence-electron chi connectivity index (χ2n) is 4.10. The summed E-state index contributed by atoms with van der Waals surface area (Å²) >= 11 is 6.09. The first kappa shape index (κ1) is 12.9. The summed E-state index contributed by atoms with van der Waals surface area (Å²) < 4.78 is 0. The molecule has 0 atom stereocenters. The van der Waals surface area contributed by atoms with E-state index in [9.17, 15) is 5.11 Å². The highest BCUT2D eigenvalue weighted by Crippen LogP contribution is 2.19. The maximum Gasteiger partial charge on any atom is 0.138 e. The van der Waals surface area contributed by atoms with Gasteiger partial charge in [-0.2, -0.15) is 0 Å². The Morgan fingerprint density at radius 2 is 1.94 bits per heavy atom. The molecule has 0 radical (unpaired) electrons. The van der Waals surface area contributed by atoms with Crippen molar-refractivity contribution in [3.05, 3.63) is 58.4 Å². The van der Waals surface area contributed by atoms with Gasteiger partial charge in [-0.05, 0) is 30.5 Å². The second kappa shape index (κ2) is 5.85. The number of pyridine rings is 1. The molecule has 1 aromatic carbocycles. The third kappa shape index (κ3) is 3.00. The average Bonchev–Trinajstić information content (AvgIpc) is 2.39. The number of nitrogens with two attached hydrogens (primary N) is 1. The summed E-state index contributed by atoms with van der Waals surface area (Å²) in [7, 11) is 0. The van der Waals surface area contributed by atoms with Crippen LogP contribution < -0.4 is 5.73 Å². The summed E-state index contributed by atoms with van der Waals surface area (Å²) in [6, 6.07) is 9.61. The molecule has 0 saturated carbocycles. The fourth-order valence-electron chi connectivity index (χ4n) is 1.80. The molecule has 0 spiro atoms.